The molecule has 0 aromatic rings. The molecule has 0 aromatic carbocycles. The smallest absolute Gasteiger partial charge is 0.407 e. The van der Waals surface area contributed by atoms with Gasteiger partial charge in [-0.15, -0.1) is 23.7 Å². The summed E-state index contributed by atoms with van der Waals surface area (Å²) in [4.78, 5) is 23.9. The molecule has 0 aliphatic heterocycles. The molecule has 0 saturated heterocycles. The van der Waals surface area contributed by atoms with Crippen LogP contribution >= 0.6 is 0 Å². The molecule has 0 bridgehead atoms. The quantitative estimate of drug-likeness (QED) is 0.221. The van der Waals surface area contributed by atoms with Crippen molar-refractivity contribution in [2.45, 2.75) is 64.2 Å². The van der Waals surface area contributed by atoms with Crippen molar-refractivity contribution in [3.8, 4) is 23.7 Å². The highest BCUT2D eigenvalue weighted by molar-refractivity contribution is 5.69. The summed E-state index contributed by atoms with van der Waals surface area (Å²) in [5.41, 5.74) is 0. The van der Waals surface area contributed by atoms with E-state index in [1.807, 2.05) is 0 Å². The van der Waals surface area contributed by atoms with Crippen LogP contribution in [-0.4, -0.2) is 58.2 Å². The van der Waals surface area contributed by atoms with E-state index in [1.165, 1.54) is 0 Å². The summed E-state index contributed by atoms with van der Waals surface area (Å²) < 4.78 is 21.9. The van der Waals surface area contributed by atoms with Crippen molar-refractivity contribution < 1.29 is 28.5 Å². The van der Waals surface area contributed by atoms with Crippen LogP contribution in [0.5, 0.6) is 0 Å². The number of rotatable bonds is 14. The predicted molar refractivity (Wildman–Crippen MR) is 135 cm³/mol. The van der Waals surface area contributed by atoms with Gasteiger partial charge in [-0.05, 0) is 67.6 Å². The fraction of sp³-hybridized carbons (Fsp3) is 0.793. The van der Waals surface area contributed by atoms with E-state index in [0.29, 0.717) is 94.5 Å². The van der Waals surface area contributed by atoms with Crippen LogP contribution in [0.15, 0.2) is 0 Å². The number of alkyl carbamates (subject to hydrolysis) is 1. The SMILES string of the molecule is O=C(CCCOCCOCCNC(=O)OCC1[C@H]2CCC#CCC[C@@H]12)OCC1[C@H]2CCC#CCC[C@@H]12. The van der Waals surface area contributed by atoms with Gasteiger partial charge in [0.05, 0.1) is 33.0 Å². The Morgan fingerprint density at radius 1 is 0.667 bits per heavy atom. The molecule has 0 heterocycles. The first kappa shape index (κ1) is 26.8. The Balaban J connectivity index is 0.896. The molecule has 1 amide bonds. The van der Waals surface area contributed by atoms with Crippen LogP contribution in [0.1, 0.15) is 64.2 Å². The maximum absolute atomic E-state index is 12.0. The molecular weight excluding hydrogens is 458 g/mol. The second kappa shape index (κ2) is 14.5. The van der Waals surface area contributed by atoms with Crippen molar-refractivity contribution in [3.05, 3.63) is 0 Å². The molecule has 198 valence electrons. The first-order valence-electron chi connectivity index (χ1n) is 13.9. The van der Waals surface area contributed by atoms with Gasteiger partial charge in [0.2, 0.25) is 0 Å². The molecule has 2 saturated carbocycles. The number of carbonyl (C=O) groups excluding carboxylic acids is 2. The fourth-order valence-electron chi connectivity index (χ4n) is 5.91. The van der Waals surface area contributed by atoms with Crippen molar-refractivity contribution in [2.24, 2.45) is 35.5 Å². The van der Waals surface area contributed by atoms with Crippen molar-refractivity contribution in [3.63, 3.8) is 0 Å². The van der Waals surface area contributed by atoms with Gasteiger partial charge in [0.15, 0.2) is 0 Å². The molecule has 4 aliphatic carbocycles. The number of carbonyl (C=O) groups is 2. The Morgan fingerprint density at radius 3 is 1.72 bits per heavy atom. The number of hydrogen-bond acceptors (Lipinski definition) is 6. The Bertz CT molecular complexity index is 745. The van der Waals surface area contributed by atoms with Gasteiger partial charge in [0.1, 0.15) is 0 Å². The second-order valence-electron chi connectivity index (χ2n) is 10.4. The van der Waals surface area contributed by atoms with Crippen molar-refractivity contribution in [1.82, 2.24) is 5.32 Å². The van der Waals surface area contributed by atoms with Gasteiger partial charge in [-0.3, -0.25) is 4.79 Å². The minimum atomic E-state index is -0.377. The minimum absolute atomic E-state index is 0.135. The summed E-state index contributed by atoms with van der Waals surface area (Å²) in [7, 11) is 0. The maximum Gasteiger partial charge on any atom is 0.407 e. The zero-order valence-corrected chi connectivity index (χ0v) is 21.4. The highest BCUT2D eigenvalue weighted by Crippen LogP contribution is 2.53. The molecule has 7 nitrogen and oxygen atoms in total. The second-order valence-corrected chi connectivity index (χ2v) is 10.4. The fourth-order valence-corrected chi connectivity index (χ4v) is 5.91. The van der Waals surface area contributed by atoms with Crippen molar-refractivity contribution >= 4 is 12.1 Å². The Labute approximate surface area is 215 Å². The summed E-state index contributed by atoms with van der Waals surface area (Å²) in [5, 5.41) is 2.73. The van der Waals surface area contributed by atoms with E-state index in [9.17, 15) is 9.59 Å². The molecule has 0 spiro atoms. The standard InChI is InChI=1S/C29H41NO6/c31-28(35-20-26-22-10-5-1-2-6-11-23(22)26)14-9-16-33-18-19-34-17-15-30-29(32)36-21-27-24-12-7-3-4-8-13-25(24)27/h22-27H,5-21H2,(H,30,32)/t22-,23+,24-,25+,26?,27?. The maximum atomic E-state index is 12.0. The predicted octanol–water partition coefficient (Wildman–Crippen LogP) is 3.95. The third-order valence-electron chi connectivity index (χ3n) is 8.08. The van der Waals surface area contributed by atoms with Crippen LogP contribution in [0, 0.1) is 59.2 Å². The van der Waals surface area contributed by atoms with E-state index in [2.05, 4.69) is 29.0 Å². The summed E-state index contributed by atoms with van der Waals surface area (Å²) in [6.45, 7) is 3.29. The molecule has 4 aliphatic rings. The average molecular weight is 500 g/mol. The number of amides is 1. The molecule has 36 heavy (non-hydrogen) atoms. The lowest BCUT2D eigenvalue weighted by atomic mass is 10.1. The summed E-state index contributed by atoms with van der Waals surface area (Å²) in [6, 6.07) is 0. The molecular formula is C29H41NO6. The molecule has 4 rings (SSSR count). The molecule has 6 atom stereocenters. The van der Waals surface area contributed by atoms with Crippen molar-refractivity contribution in [1.29, 1.82) is 0 Å². The van der Waals surface area contributed by atoms with Gasteiger partial charge in [-0.25, -0.2) is 4.79 Å². The summed E-state index contributed by atoms with van der Waals surface area (Å²) in [5.74, 6) is 16.5. The van der Waals surface area contributed by atoms with Crippen molar-refractivity contribution in [2.75, 3.05) is 46.2 Å². The van der Waals surface area contributed by atoms with E-state index in [0.717, 1.165) is 51.4 Å². The van der Waals surface area contributed by atoms with Crippen LogP contribution in [-0.2, 0) is 23.7 Å². The summed E-state index contributed by atoms with van der Waals surface area (Å²) >= 11 is 0. The van der Waals surface area contributed by atoms with E-state index < -0.39 is 0 Å². The number of esters is 1. The minimum Gasteiger partial charge on any atom is -0.465 e. The van der Waals surface area contributed by atoms with Crippen LogP contribution in [0.2, 0.25) is 0 Å². The highest BCUT2D eigenvalue weighted by Gasteiger charge is 2.50. The number of nitrogens with one attached hydrogen (secondary N) is 1. The van der Waals surface area contributed by atoms with Gasteiger partial charge >= 0.3 is 12.1 Å². The molecule has 2 fully saturated rings. The Hall–Kier alpha value is -2.22. The lowest BCUT2D eigenvalue weighted by Gasteiger charge is -2.08. The largest absolute Gasteiger partial charge is 0.465 e. The average Bonchev–Trinajstić information content (AvgIpc) is 3.70. The normalized spacial score (nSPS) is 29.7. The van der Waals surface area contributed by atoms with E-state index in [4.69, 9.17) is 18.9 Å². The Morgan fingerprint density at radius 2 is 1.17 bits per heavy atom. The van der Waals surface area contributed by atoms with Gasteiger partial charge in [0.25, 0.3) is 0 Å². The number of ether oxygens (including phenoxy) is 4. The number of hydrogen-bond donors (Lipinski definition) is 1. The molecule has 7 heteroatoms. The third kappa shape index (κ3) is 8.71. The van der Waals surface area contributed by atoms with Crippen LogP contribution < -0.4 is 5.32 Å². The van der Waals surface area contributed by atoms with E-state index >= 15 is 0 Å². The zero-order valence-electron chi connectivity index (χ0n) is 21.4. The Kier molecular flexibility index (Phi) is 10.8. The first-order valence-corrected chi connectivity index (χ1v) is 13.9. The molecule has 0 aromatic heterocycles. The van der Waals surface area contributed by atoms with Crippen LogP contribution in [0.25, 0.3) is 0 Å². The zero-order chi connectivity index (χ0) is 25.0. The topological polar surface area (TPSA) is 83.1 Å². The summed E-state index contributed by atoms with van der Waals surface area (Å²) in [6.07, 6.45) is 9.10. The number of fused-ring (bicyclic) bond motifs is 2. The van der Waals surface area contributed by atoms with Gasteiger partial charge in [-0.1, -0.05) is 0 Å². The van der Waals surface area contributed by atoms with Crippen LogP contribution in [0.4, 0.5) is 4.79 Å². The van der Waals surface area contributed by atoms with Gasteiger partial charge in [0, 0.05) is 45.3 Å². The molecule has 0 radical (unpaired) electrons. The van der Waals surface area contributed by atoms with Gasteiger partial charge < -0.3 is 24.3 Å². The third-order valence-corrected chi connectivity index (χ3v) is 8.08. The monoisotopic (exact) mass is 499 g/mol. The van der Waals surface area contributed by atoms with E-state index in [1.54, 1.807) is 0 Å². The first-order chi connectivity index (χ1) is 17.7. The van der Waals surface area contributed by atoms with Gasteiger partial charge in [-0.2, -0.15) is 0 Å². The highest BCUT2D eigenvalue weighted by atomic mass is 16.6. The van der Waals surface area contributed by atoms with Crippen LogP contribution in [0.3, 0.4) is 0 Å². The lowest BCUT2D eigenvalue weighted by molar-refractivity contribution is -0.144. The van der Waals surface area contributed by atoms with E-state index in [-0.39, 0.29) is 12.1 Å². The lowest BCUT2D eigenvalue weighted by Crippen LogP contribution is -2.29. The molecule has 1 N–H and O–H groups in total. The molecule has 2 unspecified atom stereocenters.